The molecule has 0 aliphatic heterocycles. The van der Waals surface area contributed by atoms with E-state index in [1.165, 1.54) is 0 Å². The molecule has 0 unspecified atom stereocenters. The standard InChI is InChI=1S/C48H26N8/c49-27-30-19-21-42-37(23-30)35-15-7-9-17-40(35)55(42)44-26-45(56-41-18-10-8-16-36(41)38-24-31(28-50)20-22-43(38)56)39(25-34(44)29-51)48-53-46(32-11-3-1-4-12-32)52-47(54-48)33-13-5-2-6-14-33/h1-26H. The van der Waals surface area contributed by atoms with Gasteiger partial charge in [-0.05, 0) is 60.7 Å². The lowest BCUT2D eigenvalue weighted by Gasteiger charge is -2.18. The van der Waals surface area contributed by atoms with Gasteiger partial charge in [0.1, 0.15) is 6.07 Å². The van der Waals surface area contributed by atoms with Crippen LogP contribution in [0.3, 0.4) is 0 Å². The molecule has 0 fully saturated rings. The first-order chi connectivity index (χ1) is 27.6. The van der Waals surface area contributed by atoms with Gasteiger partial charge < -0.3 is 9.13 Å². The summed E-state index contributed by atoms with van der Waals surface area (Å²) in [6.45, 7) is 0. The molecule has 0 amide bonds. The molecule has 56 heavy (non-hydrogen) atoms. The summed E-state index contributed by atoms with van der Waals surface area (Å²) in [5, 5.41) is 34.5. The van der Waals surface area contributed by atoms with E-state index < -0.39 is 0 Å². The summed E-state index contributed by atoms with van der Waals surface area (Å²) in [5.41, 5.74) is 8.74. The van der Waals surface area contributed by atoms with Crippen LogP contribution in [0.25, 0.3) is 89.2 Å². The van der Waals surface area contributed by atoms with E-state index in [2.05, 4.69) is 39.5 Å². The van der Waals surface area contributed by atoms with Crippen molar-refractivity contribution in [2.45, 2.75) is 0 Å². The second-order valence-corrected chi connectivity index (χ2v) is 13.4. The van der Waals surface area contributed by atoms with E-state index in [9.17, 15) is 15.8 Å². The molecule has 0 radical (unpaired) electrons. The molecule has 0 saturated heterocycles. The van der Waals surface area contributed by atoms with E-state index in [1.54, 1.807) is 6.07 Å². The lowest BCUT2D eigenvalue weighted by Crippen LogP contribution is -2.07. The Hall–Kier alpha value is -8.38. The van der Waals surface area contributed by atoms with Crippen LogP contribution >= 0.6 is 0 Å². The molecule has 10 aromatic rings. The summed E-state index contributed by atoms with van der Waals surface area (Å²) in [6.07, 6.45) is 0. The first kappa shape index (κ1) is 32.3. The van der Waals surface area contributed by atoms with Crippen LogP contribution in [0, 0.1) is 34.0 Å². The van der Waals surface area contributed by atoms with Crippen molar-refractivity contribution < 1.29 is 0 Å². The summed E-state index contributed by atoms with van der Waals surface area (Å²) < 4.78 is 4.26. The van der Waals surface area contributed by atoms with Crippen LogP contribution in [0.5, 0.6) is 0 Å². The van der Waals surface area contributed by atoms with Crippen LogP contribution in [0.1, 0.15) is 16.7 Å². The number of nitrogens with zero attached hydrogens (tertiary/aromatic N) is 8. The Morgan fingerprint density at radius 1 is 0.375 bits per heavy atom. The van der Waals surface area contributed by atoms with Crippen LogP contribution in [-0.2, 0) is 0 Å². The largest absolute Gasteiger partial charge is 0.308 e. The van der Waals surface area contributed by atoms with Gasteiger partial charge in [0.25, 0.3) is 0 Å². The molecule has 0 atom stereocenters. The number of hydrogen-bond donors (Lipinski definition) is 0. The highest BCUT2D eigenvalue weighted by molar-refractivity contribution is 6.11. The Labute approximate surface area is 320 Å². The van der Waals surface area contributed by atoms with Crippen LogP contribution < -0.4 is 0 Å². The van der Waals surface area contributed by atoms with Crippen molar-refractivity contribution in [3.63, 3.8) is 0 Å². The molecule has 0 aliphatic rings. The molecular weight excluding hydrogens is 689 g/mol. The average molecular weight is 715 g/mol. The Morgan fingerprint density at radius 3 is 1.32 bits per heavy atom. The highest BCUT2D eigenvalue weighted by atomic mass is 15.1. The van der Waals surface area contributed by atoms with Gasteiger partial charge in [-0.2, -0.15) is 15.8 Å². The molecular formula is C48H26N8. The smallest absolute Gasteiger partial charge is 0.166 e. The highest BCUT2D eigenvalue weighted by Crippen LogP contribution is 2.41. The maximum atomic E-state index is 11.0. The molecule has 0 N–H and O–H groups in total. The molecule has 0 spiro atoms. The number of hydrogen-bond acceptors (Lipinski definition) is 6. The minimum absolute atomic E-state index is 0.399. The van der Waals surface area contributed by atoms with Gasteiger partial charge in [-0.15, -0.1) is 0 Å². The van der Waals surface area contributed by atoms with E-state index in [1.807, 2.05) is 140 Å². The third-order valence-electron chi connectivity index (χ3n) is 10.3. The lowest BCUT2D eigenvalue weighted by molar-refractivity contribution is 1.06. The number of nitriles is 3. The Morgan fingerprint density at radius 2 is 0.821 bits per heavy atom. The molecule has 8 heteroatoms. The van der Waals surface area contributed by atoms with E-state index in [0.717, 1.165) is 60.4 Å². The van der Waals surface area contributed by atoms with Crippen LogP contribution in [0.15, 0.2) is 158 Å². The normalized spacial score (nSPS) is 11.2. The first-order valence-electron chi connectivity index (χ1n) is 18.0. The second kappa shape index (κ2) is 12.9. The molecule has 10 rings (SSSR count). The van der Waals surface area contributed by atoms with E-state index >= 15 is 0 Å². The van der Waals surface area contributed by atoms with E-state index in [4.69, 9.17) is 15.0 Å². The fourth-order valence-electron chi connectivity index (χ4n) is 7.75. The summed E-state index contributed by atoms with van der Waals surface area (Å²) in [5.74, 6) is 1.40. The predicted molar refractivity (Wildman–Crippen MR) is 219 cm³/mol. The van der Waals surface area contributed by atoms with Gasteiger partial charge in [-0.25, -0.2) is 15.0 Å². The van der Waals surface area contributed by atoms with Gasteiger partial charge in [-0.3, -0.25) is 0 Å². The number of fused-ring (bicyclic) bond motifs is 6. The van der Waals surface area contributed by atoms with Gasteiger partial charge in [0, 0.05) is 38.2 Å². The fourth-order valence-corrected chi connectivity index (χ4v) is 7.75. The number of aromatic nitrogens is 5. The maximum Gasteiger partial charge on any atom is 0.166 e. The number of benzene rings is 7. The molecule has 3 heterocycles. The first-order valence-corrected chi connectivity index (χ1v) is 18.0. The Bertz CT molecular complexity index is 3280. The number of rotatable bonds is 5. The second-order valence-electron chi connectivity index (χ2n) is 13.4. The summed E-state index contributed by atoms with van der Waals surface area (Å²) >= 11 is 0. The topological polar surface area (TPSA) is 120 Å². The quantitative estimate of drug-likeness (QED) is 0.175. The molecule has 0 bridgehead atoms. The van der Waals surface area contributed by atoms with E-state index in [-0.39, 0.29) is 0 Å². The van der Waals surface area contributed by atoms with Crippen molar-refractivity contribution in [1.82, 2.24) is 24.1 Å². The van der Waals surface area contributed by atoms with Gasteiger partial charge in [0.15, 0.2) is 17.5 Å². The zero-order valence-electron chi connectivity index (χ0n) is 29.6. The zero-order valence-corrected chi connectivity index (χ0v) is 29.6. The SMILES string of the molecule is N#Cc1ccc2c(c1)c1ccccc1n2-c1cc(-n2c3ccccc3c3cc(C#N)ccc32)c(-c2nc(-c3ccccc3)nc(-c3ccccc3)n2)cc1C#N. The van der Waals surface area contributed by atoms with E-state index in [0.29, 0.717) is 45.4 Å². The maximum absolute atomic E-state index is 11.0. The molecule has 258 valence electrons. The van der Waals surface area contributed by atoms with Crippen molar-refractivity contribution in [1.29, 1.82) is 15.8 Å². The van der Waals surface area contributed by atoms with Crippen molar-refractivity contribution in [3.05, 3.63) is 174 Å². The minimum Gasteiger partial charge on any atom is -0.308 e. The summed E-state index contributed by atoms with van der Waals surface area (Å²) in [4.78, 5) is 15.2. The van der Waals surface area contributed by atoms with Crippen molar-refractivity contribution in [3.8, 4) is 63.7 Å². The van der Waals surface area contributed by atoms with Crippen LogP contribution in [0.4, 0.5) is 0 Å². The third kappa shape index (κ3) is 5.09. The van der Waals surface area contributed by atoms with Crippen molar-refractivity contribution in [2.75, 3.05) is 0 Å². The Kier molecular flexibility index (Phi) is 7.46. The van der Waals surface area contributed by atoms with Gasteiger partial charge >= 0.3 is 0 Å². The molecule has 7 aromatic carbocycles. The van der Waals surface area contributed by atoms with Crippen molar-refractivity contribution >= 4 is 43.6 Å². The minimum atomic E-state index is 0.399. The monoisotopic (exact) mass is 714 g/mol. The average Bonchev–Trinajstić information content (AvgIpc) is 3.78. The summed E-state index contributed by atoms with van der Waals surface area (Å²) in [7, 11) is 0. The molecule has 3 aromatic heterocycles. The fraction of sp³-hybridized carbons (Fsp3) is 0. The lowest BCUT2D eigenvalue weighted by atomic mass is 10.0. The third-order valence-corrected chi connectivity index (χ3v) is 10.3. The highest BCUT2D eigenvalue weighted by Gasteiger charge is 2.24. The zero-order chi connectivity index (χ0) is 37.8. The van der Waals surface area contributed by atoms with Gasteiger partial charge in [0.2, 0.25) is 0 Å². The van der Waals surface area contributed by atoms with Gasteiger partial charge in [-0.1, -0.05) is 97.1 Å². The molecule has 8 nitrogen and oxygen atoms in total. The van der Waals surface area contributed by atoms with Gasteiger partial charge in [0.05, 0.1) is 62.3 Å². The van der Waals surface area contributed by atoms with Crippen LogP contribution in [0.2, 0.25) is 0 Å². The summed E-state index contributed by atoms with van der Waals surface area (Å²) in [6, 6.07) is 58.1. The van der Waals surface area contributed by atoms with Crippen molar-refractivity contribution in [2.24, 2.45) is 0 Å². The number of para-hydroxylation sites is 2. The van der Waals surface area contributed by atoms with Crippen LogP contribution in [-0.4, -0.2) is 24.1 Å². The Balaban J connectivity index is 1.36. The molecule has 0 aliphatic carbocycles. The molecule has 0 saturated carbocycles. The predicted octanol–water partition coefficient (Wildman–Crippen LogP) is 10.7.